The van der Waals surface area contributed by atoms with E-state index in [1.807, 2.05) is 6.92 Å². The van der Waals surface area contributed by atoms with E-state index in [0.717, 1.165) is 0 Å². The Morgan fingerprint density at radius 3 is 2.33 bits per heavy atom. The zero-order chi connectivity index (χ0) is 18.0. The number of halogens is 2. The van der Waals surface area contributed by atoms with E-state index in [0.29, 0.717) is 29.7 Å². The molecule has 1 aromatic carbocycles. The second-order valence-electron chi connectivity index (χ2n) is 6.40. The lowest BCUT2D eigenvalue weighted by Gasteiger charge is -2.34. The van der Waals surface area contributed by atoms with Crippen LogP contribution < -0.4 is 4.74 Å². The Kier molecular flexibility index (Phi) is 5.41. The van der Waals surface area contributed by atoms with E-state index in [-0.39, 0.29) is 24.1 Å². The summed E-state index contributed by atoms with van der Waals surface area (Å²) in [5.41, 5.74) is 1.24. The minimum absolute atomic E-state index is 0.0666. The van der Waals surface area contributed by atoms with Crippen molar-refractivity contribution in [2.45, 2.75) is 33.8 Å². The number of piperidine rings is 1. The number of rotatable bonds is 4. The molecule has 132 valence electrons. The molecule has 1 aromatic rings. The first kappa shape index (κ1) is 18.2. The highest BCUT2D eigenvalue weighted by Gasteiger charge is 2.32. The zero-order valence-electron chi connectivity index (χ0n) is 13.9. The lowest BCUT2D eigenvalue weighted by atomic mass is 9.90. The molecule has 2 atom stereocenters. The maximum atomic E-state index is 12.7. The van der Waals surface area contributed by atoms with Crippen LogP contribution in [0.15, 0.2) is 12.1 Å². The van der Waals surface area contributed by atoms with Gasteiger partial charge in [0, 0.05) is 18.7 Å². The Hall–Kier alpha value is -2.18. The van der Waals surface area contributed by atoms with E-state index in [4.69, 9.17) is 0 Å². The highest BCUT2D eigenvalue weighted by Crippen LogP contribution is 2.28. The van der Waals surface area contributed by atoms with Gasteiger partial charge in [-0.1, -0.05) is 6.92 Å². The van der Waals surface area contributed by atoms with Crippen LogP contribution >= 0.6 is 0 Å². The number of benzene rings is 1. The van der Waals surface area contributed by atoms with Crippen LogP contribution in [0.25, 0.3) is 0 Å². The van der Waals surface area contributed by atoms with Crippen molar-refractivity contribution in [1.29, 1.82) is 0 Å². The van der Waals surface area contributed by atoms with Gasteiger partial charge < -0.3 is 14.7 Å². The number of carboxylic acid groups (broad SMARTS) is 1. The standard InChI is InChI=1S/C17H21F2NO4/c1-9-4-13(16(22)23)8-20(7-9)15(21)12-5-10(2)14(11(3)6-12)24-17(18)19/h5-6,9,13,17H,4,7-8H2,1-3H3,(H,22,23). The van der Waals surface area contributed by atoms with Gasteiger partial charge in [0.25, 0.3) is 5.91 Å². The number of alkyl halides is 2. The Labute approximate surface area is 139 Å². The van der Waals surface area contributed by atoms with Crippen molar-refractivity contribution in [2.24, 2.45) is 11.8 Å². The molecule has 1 fully saturated rings. The molecule has 1 heterocycles. The summed E-state index contributed by atoms with van der Waals surface area (Å²) in [7, 11) is 0. The fourth-order valence-electron chi connectivity index (χ4n) is 3.23. The van der Waals surface area contributed by atoms with Gasteiger partial charge in [-0.15, -0.1) is 0 Å². The molecule has 0 spiro atoms. The number of amides is 1. The minimum atomic E-state index is -2.93. The number of carboxylic acids is 1. The maximum absolute atomic E-state index is 12.7. The first-order valence-corrected chi connectivity index (χ1v) is 7.77. The SMILES string of the molecule is Cc1cc(C(=O)N2CC(C)CC(C(=O)O)C2)cc(C)c1OC(F)F. The highest BCUT2D eigenvalue weighted by atomic mass is 19.3. The molecule has 1 aliphatic heterocycles. The Morgan fingerprint density at radius 1 is 1.25 bits per heavy atom. The molecule has 0 bridgehead atoms. The average molecular weight is 341 g/mol. The van der Waals surface area contributed by atoms with E-state index >= 15 is 0 Å². The number of likely N-dealkylation sites (tertiary alicyclic amines) is 1. The van der Waals surface area contributed by atoms with Crippen molar-refractivity contribution in [2.75, 3.05) is 13.1 Å². The molecule has 1 amide bonds. The van der Waals surface area contributed by atoms with Crippen LogP contribution in [0.5, 0.6) is 5.75 Å². The molecule has 0 aromatic heterocycles. The highest BCUT2D eigenvalue weighted by molar-refractivity contribution is 5.95. The Balaban J connectivity index is 2.24. The molecule has 2 unspecified atom stereocenters. The molecule has 0 aliphatic carbocycles. The van der Waals surface area contributed by atoms with E-state index < -0.39 is 18.5 Å². The third-order valence-corrected chi connectivity index (χ3v) is 4.21. The van der Waals surface area contributed by atoms with Crippen LogP contribution in [-0.2, 0) is 4.79 Å². The van der Waals surface area contributed by atoms with Crippen LogP contribution in [0.2, 0.25) is 0 Å². The largest absolute Gasteiger partial charge is 0.481 e. The fraction of sp³-hybridized carbons (Fsp3) is 0.529. The summed E-state index contributed by atoms with van der Waals surface area (Å²) in [6, 6.07) is 3.00. The molecule has 0 radical (unpaired) electrons. The maximum Gasteiger partial charge on any atom is 0.387 e. The summed E-state index contributed by atoms with van der Waals surface area (Å²) in [5.74, 6) is -1.62. The molecular formula is C17H21F2NO4. The summed E-state index contributed by atoms with van der Waals surface area (Å²) in [5, 5.41) is 9.21. The van der Waals surface area contributed by atoms with Crippen LogP contribution in [0.1, 0.15) is 34.8 Å². The monoisotopic (exact) mass is 341 g/mol. The molecule has 0 saturated carbocycles. The van der Waals surface area contributed by atoms with E-state index in [1.165, 1.54) is 17.0 Å². The lowest BCUT2D eigenvalue weighted by molar-refractivity contribution is -0.143. The topological polar surface area (TPSA) is 66.8 Å². The van der Waals surface area contributed by atoms with Gasteiger partial charge in [0.1, 0.15) is 5.75 Å². The number of carbonyl (C=O) groups is 2. The Bertz CT molecular complexity index is 624. The van der Waals surface area contributed by atoms with E-state index in [1.54, 1.807) is 13.8 Å². The number of aliphatic carboxylic acids is 1. The normalized spacial score (nSPS) is 21.0. The lowest BCUT2D eigenvalue weighted by Crippen LogP contribution is -2.45. The third-order valence-electron chi connectivity index (χ3n) is 4.21. The van der Waals surface area contributed by atoms with Gasteiger partial charge in [-0.2, -0.15) is 8.78 Å². The second kappa shape index (κ2) is 7.15. The molecule has 1 N–H and O–H groups in total. The van der Waals surface area contributed by atoms with Gasteiger partial charge in [-0.25, -0.2) is 0 Å². The second-order valence-corrected chi connectivity index (χ2v) is 6.40. The molecule has 5 nitrogen and oxygen atoms in total. The number of aryl methyl sites for hydroxylation is 2. The van der Waals surface area contributed by atoms with Gasteiger partial charge >= 0.3 is 12.6 Å². The fourth-order valence-corrected chi connectivity index (χ4v) is 3.23. The summed E-state index contributed by atoms with van der Waals surface area (Å²) in [6.07, 6.45) is 0.540. The van der Waals surface area contributed by atoms with Crippen LogP contribution in [0, 0.1) is 25.7 Å². The van der Waals surface area contributed by atoms with Crippen molar-refractivity contribution in [3.8, 4) is 5.75 Å². The number of hydrogen-bond donors (Lipinski definition) is 1. The van der Waals surface area contributed by atoms with Gasteiger partial charge in [0.15, 0.2) is 0 Å². The quantitative estimate of drug-likeness (QED) is 0.914. The summed E-state index contributed by atoms with van der Waals surface area (Å²) in [4.78, 5) is 25.5. The van der Waals surface area contributed by atoms with Crippen molar-refractivity contribution in [3.05, 3.63) is 28.8 Å². The van der Waals surface area contributed by atoms with Crippen molar-refractivity contribution in [3.63, 3.8) is 0 Å². The van der Waals surface area contributed by atoms with Crippen molar-refractivity contribution < 1.29 is 28.2 Å². The predicted octanol–water partition coefficient (Wildman–Crippen LogP) is 3.09. The van der Waals surface area contributed by atoms with Crippen molar-refractivity contribution in [1.82, 2.24) is 4.90 Å². The number of ether oxygens (including phenoxy) is 1. The number of hydrogen-bond acceptors (Lipinski definition) is 3. The molecule has 1 saturated heterocycles. The first-order chi connectivity index (χ1) is 11.2. The molecule has 24 heavy (non-hydrogen) atoms. The molecule has 2 rings (SSSR count). The van der Waals surface area contributed by atoms with Gasteiger partial charge in [0.2, 0.25) is 0 Å². The summed E-state index contributed by atoms with van der Waals surface area (Å²) < 4.78 is 29.4. The van der Waals surface area contributed by atoms with Crippen LogP contribution in [0.3, 0.4) is 0 Å². The first-order valence-electron chi connectivity index (χ1n) is 7.77. The Morgan fingerprint density at radius 2 is 1.83 bits per heavy atom. The molecular weight excluding hydrogens is 320 g/mol. The van der Waals surface area contributed by atoms with Crippen molar-refractivity contribution >= 4 is 11.9 Å². The third kappa shape index (κ3) is 4.01. The number of nitrogens with zero attached hydrogens (tertiary/aromatic N) is 1. The molecule has 7 heteroatoms. The summed E-state index contributed by atoms with van der Waals surface area (Å²) >= 11 is 0. The summed E-state index contributed by atoms with van der Waals surface area (Å²) in [6.45, 7) is 2.82. The van der Waals surface area contributed by atoms with Gasteiger partial charge in [-0.3, -0.25) is 9.59 Å². The van der Waals surface area contributed by atoms with E-state index in [2.05, 4.69) is 4.74 Å². The molecule has 1 aliphatic rings. The van der Waals surface area contributed by atoms with Gasteiger partial charge in [-0.05, 0) is 49.4 Å². The smallest absolute Gasteiger partial charge is 0.387 e. The van der Waals surface area contributed by atoms with Gasteiger partial charge in [0.05, 0.1) is 5.92 Å². The van der Waals surface area contributed by atoms with E-state index in [9.17, 15) is 23.5 Å². The minimum Gasteiger partial charge on any atom is -0.481 e. The van der Waals surface area contributed by atoms with Crippen LogP contribution in [0.4, 0.5) is 8.78 Å². The number of carbonyl (C=O) groups excluding carboxylic acids is 1. The zero-order valence-corrected chi connectivity index (χ0v) is 13.9. The van der Waals surface area contributed by atoms with Crippen LogP contribution in [-0.4, -0.2) is 41.6 Å². The average Bonchev–Trinajstić information content (AvgIpc) is 2.49. The predicted molar refractivity (Wildman–Crippen MR) is 83.4 cm³/mol.